The number of benzene rings is 2. The molecule has 1 aliphatic heterocycles. The van der Waals surface area contributed by atoms with Gasteiger partial charge in [-0.2, -0.15) is 0 Å². The van der Waals surface area contributed by atoms with E-state index in [0.29, 0.717) is 17.3 Å². The summed E-state index contributed by atoms with van der Waals surface area (Å²) in [6.07, 6.45) is 1.97. The first-order chi connectivity index (χ1) is 12.1. The van der Waals surface area contributed by atoms with Crippen molar-refractivity contribution in [2.45, 2.75) is 32.4 Å². The zero-order valence-electron chi connectivity index (χ0n) is 14.4. The highest BCUT2D eigenvalue weighted by atomic mass is 35.5. The van der Waals surface area contributed by atoms with Gasteiger partial charge in [0.1, 0.15) is 5.75 Å². The Balaban J connectivity index is 1.48. The van der Waals surface area contributed by atoms with Crippen LogP contribution >= 0.6 is 11.6 Å². The number of carbonyl (C=O) groups excluding carboxylic acids is 1. The van der Waals surface area contributed by atoms with Crippen molar-refractivity contribution < 1.29 is 9.53 Å². The number of halogens is 1. The first kappa shape index (κ1) is 17.6. The van der Waals surface area contributed by atoms with Crippen LogP contribution < -0.4 is 15.0 Å². The quantitative estimate of drug-likeness (QED) is 0.847. The molecule has 2 aromatic carbocycles. The Bertz CT molecular complexity index is 695. The minimum atomic E-state index is -0.565. The van der Waals surface area contributed by atoms with Gasteiger partial charge in [0.05, 0.1) is 0 Å². The van der Waals surface area contributed by atoms with E-state index < -0.39 is 6.10 Å². The third-order valence-corrected chi connectivity index (χ3v) is 4.62. The fraction of sp³-hybridized carbons (Fsp3) is 0.350. The maximum absolute atomic E-state index is 12.2. The molecule has 1 N–H and O–H groups in total. The number of hydrogen-bond acceptors (Lipinski definition) is 3. The molecule has 1 atom stereocenters. The van der Waals surface area contributed by atoms with Gasteiger partial charge in [0.15, 0.2) is 6.10 Å². The van der Waals surface area contributed by atoms with Crippen LogP contribution in [0.2, 0.25) is 5.02 Å². The fourth-order valence-corrected chi connectivity index (χ4v) is 3.03. The minimum Gasteiger partial charge on any atom is -0.481 e. The summed E-state index contributed by atoms with van der Waals surface area (Å²) in [7, 11) is 0. The molecule has 25 heavy (non-hydrogen) atoms. The van der Waals surface area contributed by atoms with Crippen LogP contribution in [0, 0.1) is 0 Å². The van der Waals surface area contributed by atoms with Crippen molar-refractivity contribution >= 4 is 23.2 Å². The van der Waals surface area contributed by atoms with Crippen molar-refractivity contribution in [3.8, 4) is 5.75 Å². The summed E-state index contributed by atoms with van der Waals surface area (Å²) in [5.41, 5.74) is 2.34. The number of carbonyl (C=O) groups is 1. The van der Waals surface area contributed by atoms with Gasteiger partial charge in [-0.15, -0.1) is 0 Å². The molecule has 0 aromatic heterocycles. The van der Waals surface area contributed by atoms with Crippen LogP contribution in [0.15, 0.2) is 48.5 Å². The van der Waals surface area contributed by atoms with Gasteiger partial charge in [-0.3, -0.25) is 4.79 Å². The minimum absolute atomic E-state index is 0.140. The molecule has 1 amide bonds. The second-order valence-corrected chi connectivity index (χ2v) is 6.73. The van der Waals surface area contributed by atoms with Crippen LogP contribution in [0.3, 0.4) is 0 Å². The molecule has 1 fully saturated rings. The zero-order valence-corrected chi connectivity index (χ0v) is 15.1. The van der Waals surface area contributed by atoms with E-state index in [2.05, 4.69) is 34.5 Å². The smallest absolute Gasteiger partial charge is 0.261 e. The van der Waals surface area contributed by atoms with E-state index in [0.717, 1.165) is 18.7 Å². The second-order valence-electron chi connectivity index (χ2n) is 6.29. The zero-order chi connectivity index (χ0) is 17.6. The number of amides is 1. The van der Waals surface area contributed by atoms with E-state index in [1.807, 2.05) is 0 Å². The van der Waals surface area contributed by atoms with Gasteiger partial charge < -0.3 is 15.0 Å². The predicted molar refractivity (Wildman–Crippen MR) is 101 cm³/mol. The number of nitrogens with zero attached hydrogens (tertiary/aromatic N) is 1. The molecule has 1 heterocycles. The Labute approximate surface area is 153 Å². The lowest BCUT2D eigenvalue weighted by Gasteiger charge is -2.18. The second kappa shape index (κ2) is 8.26. The Kier molecular flexibility index (Phi) is 5.82. The lowest BCUT2D eigenvalue weighted by molar-refractivity contribution is -0.127. The van der Waals surface area contributed by atoms with Crippen molar-refractivity contribution in [3.63, 3.8) is 0 Å². The molecule has 0 spiro atoms. The summed E-state index contributed by atoms with van der Waals surface area (Å²) in [5.74, 6) is 0.487. The van der Waals surface area contributed by atoms with Gasteiger partial charge in [0.2, 0.25) is 0 Å². The molecule has 3 rings (SSSR count). The maximum Gasteiger partial charge on any atom is 0.261 e. The SMILES string of the molecule is C[C@H](Oc1ccc(Cl)cc1)C(=O)NCc1ccc(N2CCCC2)cc1. The Morgan fingerprint density at radius 3 is 2.40 bits per heavy atom. The van der Waals surface area contributed by atoms with Gasteiger partial charge in [-0.25, -0.2) is 0 Å². The maximum atomic E-state index is 12.2. The molecular weight excluding hydrogens is 336 g/mol. The lowest BCUT2D eigenvalue weighted by atomic mass is 10.2. The van der Waals surface area contributed by atoms with E-state index in [1.165, 1.54) is 18.5 Å². The van der Waals surface area contributed by atoms with E-state index in [9.17, 15) is 4.79 Å². The summed E-state index contributed by atoms with van der Waals surface area (Å²) >= 11 is 5.84. The molecule has 5 heteroatoms. The van der Waals surface area contributed by atoms with Crippen LogP contribution in [0.1, 0.15) is 25.3 Å². The van der Waals surface area contributed by atoms with E-state index in [-0.39, 0.29) is 5.91 Å². The first-order valence-electron chi connectivity index (χ1n) is 8.65. The Hall–Kier alpha value is -2.20. The molecule has 0 aliphatic carbocycles. The van der Waals surface area contributed by atoms with Gasteiger partial charge >= 0.3 is 0 Å². The molecule has 0 bridgehead atoms. The Morgan fingerprint density at radius 1 is 1.12 bits per heavy atom. The standard InChI is InChI=1S/C20H23ClN2O2/c1-15(25-19-10-6-17(21)7-11-19)20(24)22-14-16-4-8-18(9-5-16)23-12-2-3-13-23/h4-11,15H,2-3,12-14H2,1H3,(H,22,24)/t15-/m0/s1. The monoisotopic (exact) mass is 358 g/mol. The fourth-order valence-electron chi connectivity index (χ4n) is 2.90. The van der Waals surface area contributed by atoms with Crippen LogP contribution in [0.25, 0.3) is 0 Å². The summed E-state index contributed by atoms with van der Waals surface area (Å²) in [5, 5.41) is 3.56. The summed E-state index contributed by atoms with van der Waals surface area (Å²) in [6, 6.07) is 15.4. The van der Waals surface area contributed by atoms with E-state index in [1.54, 1.807) is 31.2 Å². The van der Waals surface area contributed by atoms with Gasteiger partial charge in [0, 0.05) is 30.3 Å². The third-order valence-electron chi connectivity index (χ3n) is 4.37. The van der Waals surface area contributed by atoms with Crippen molar-refractivity contribution in [2.75, 3.05) is 18.0 Å². The molecule has 1 saturated heterocycles. The van der Waals surface area contributed by atoms with Gasteiger partial charge in [-0.1, -0.05) is 23.7 Å². The lowest BCUT2D eigenvalue weighted by Crippen LogP contribution is -2.35. The average molecular weight is 359 g/mol. The largest absolute Gasteiger partial charge is 0.481 e. The topological polar surface area (TPSA) is 41.6 Å². The van der Waals surface area contributed by atoms with Gasteiger partial charge in [0.25, 0.3) is 5.91 Å². The van der Waals surface area contributed by atoms with Crippen molar-refractivity contribution in [2.24, 2.45) is 0 Å². The molecule has 2 aromatic rings. The predicted octanol–water partition coefficient (Wildman–Crippen LogP) is 4.02. The summed E-state index contributed by atoms with van der Waals surface area (Å²) in [6.45, 7) is 4.50. The van der Waals surface area contributed by atoms with Crippen LogP contribution in [-0.2, 0) is 11.3 Å². The highest BCUT2D eigenvalue weighted by Crippen LogP contribution is 2.20. The number of nitrogens with one attached hydrogen (secondary N) is 1. The van der Waals surface area contributed by atoms with Crippen LogP contribution in [0.5, 0.6) is 5.75 Å². The highest BCUT2D eigenvalue weighted by molar-refractivity contribution is 6.30. The normalized spacial score (nSPS) is 15.0. The molecule has 0 unspecified atom stereocenters. The van der Waals surface area contributed by atoms with Crippen molar-refractivity contribution in [3.05, 3.63) is 59.1 Å². The molecule has 0 radical (unpaired) electrons. The number of rotatable bonds is 6. The van der Waals surface area contributed by atoms with E-state index in [4.69, 9.17) is 16.3 Å². The van der Waals surface area contributed by atoms with Crippen molar-refractivity contribution in [1.29, 1.82) is 0 Å². The van der Waals surface area contributed by atoms with Crippen molar-refractivity contribution in [1.82, 2.24) is 5.32 Å². The average Bonchev–Trinajstić information content (AvgIpc) is 3.16. The molecule has 0 saturated carbocycles. The van der Waals surface area contributed by atoms with Gasteiger partial charge in [-0.05, 0) is 61.7 Å². The van der Waals surface area contributed by atoms with Crippen LogP contribution in [0.4, 0.5) is 5.69 Å². The number of anilines is 1. The molecule has 132 valence electrons. The third kappa shape index (κ3) is 4.89. The highest BCUT2D eigenvalue weighted by Gasteiger charge is 2.15. The molecule has 4 nitrogen and oxygen atoms in total. The van der Waals surface area contributed by atoms with Crippen LogP contribution in [-0.4, -0.2) is 25.1 Å². The number of ether oxygens (including phenoxy) is 1. The van der Waals surface area contributed by atoms with E-state index >= 15 is 0 Å². The summed E-state index contributed by atoms with van der Waals surface area (Å²) in [4.78, 5) is 14.6. The summed E-state index contributed by atoms with van der Waals surface area (Å²) < 4.78 is 5.63. The number of hydrogen-bond donors (Lipinski definition) is 1. The Morgan fingerprint density at radius 2 is 1.76 bits per heavy atom. The molecule has 1 aliphatic rings. The molecular formula is C20H23ClN2O2. The first-order valence-corrected chi connectivity index (χ1v) is 9.03.